The quantitative estimate of drug-likeness (QED) is 0.946. The Morgan fingerprint density at radius 3 is 2.78 bits per heavy atom. The maximum absolute atomic E-state index is 11.8. The van der Waals surface area contributed by atoms with E-state index >= 15 is 0 Å². The van der Waals surface area contributed by atoms with Crippen molar-refractivity contribution in [1.82, 2.24) is 19.8 Å². The number of hydrogen-bond acceptors (Lipinski definition) is 4. The van der Waals surface area contributed by atoms with Crippen LogP contribution in [0, 0.1) is 6.92 Å². The predicted octanol–water partition coefficient (Wildman–Crippen LogP) is 2.71. The van der Waals surface area contributed by atoms with Gasteiger partial charge in [0.15, 0.2) is 0 Å². The van der Waals surface area contributed by atoms with Crippen LogP contribution >= 0.6 is 0 Å². The van der Waals surface area contributed by atoms with E-state index in [1.807, 2.05) is 6.92 Å². The van der Waals surface area contributed by atoms with Crippen LogP contribution in [0.1, 0.15) is 31.3 Å². The molecule has 2 heterocycles. The number of H-pyrrole nitrogens is 1. The molecule has 1 aliphatic heterocycles. The number of piperazine rings is 1. The Balaban J connectivity index is 1.66. The van der Waals surface area contributed by atoms with E-state index in [-0.39, 0.29) is 12.1 Å². The van der Waals surface area contributed by atoms with Gasteiger partial charge in [0.05, 0.1) is 23.7 Å². The molecule has 1 aromatic carbocycles. The number of nitrogens with zero attached hydrogens (tertiary/aromatic N) is 3. The topological polar surface area (TPSA) is 61.5 Å². The number of nitrogens with one attached hydrogen (secondary N) is 1. The number of aromatic nitrogens is 2. The zero-order valence-corrected chi connectivity index (χ0v) is 14.0. The third-order valence-corrected chi connectivity index (χ3v) is 4.44. The molecule has 1 atom stereocenters. The molecule has 1 aromatic heterocycles. The van der Waals surface area contributed by atoms with Crippen molar-refractivity contribution >= 4 is 17.1 Å². The molecule has 6 nitrogen and oxygen atoms in total. The number of ether oxygens (including phenoxy) is 1. The Morgan fingerprint density at radius 1 is 1.35 bits per heavy atom. The second-order valence-electron chi connectivity index (χ2n) is 6.04. The summed E-state index contributed by atoms with van der Waals surface area (Å²) in [6.45, 7) is 9.55. The lowest BCUT2D eigenvalue weighted by molar-refractivity contribution is 0.0675. The first-order valence-electron chi connectivity index (χ1n) is 8.20. The summed E-state index contributed by atoms with van der Waals surface area (Å²) in [6.07, 6.45) is -0.209. The number of aryl methyl sites for hydroxylation is 1. The molecule has 3 rings (SSSR count). The number of benzene rings is 1. The van der Waals surface area contributed by atoms with Crippen molar-refractivity contribution in [2.24, 2.45) is 0 Å². The third kappa shape index (κ3) is 3.32. The lowest BCUT2D eigenvalue weighted by Gasteiger charge is -2.36. The number of rotatable bonds is 3. The Kier molecular flexibility index (Phi) is 4.52. The number of carbonyl (C=O) groups is 1. The van der Waals surface area contributed by atoms with Crippen LogP contribution < -0.4 is 0 Å². The van der Waals surface area contributed by atoms with Crippen LogP contribution in [0.25, 0.3) is 11.0 Å². The van der Waals surface area contributed by atoms with Crippen molar-refractivity contribution in [3.8, 4) is 0 Å². The van der Waals surface area contributed by atoms with E-state index in [1.165, 1.54) is 5.56 Å². The van der Waals surface area contributed by atoms with Crippen molar-refractivity contribution in [2.75, 3.05) is 32.8 Å². The number of imidazole rings is 1. The van der Waals surface area contributed by atoms with Crippen molar-refractivity contribution in [1.29, 1.82) is 0 Å². The zero-order chi connectivity index (χ0) is 16.4. The van der Waals surface area contributed by atoms with E-state index in [0.717, 1.165) is 29.9 Å². The molecule has 124 valence electrons. The molecule has 0 spiro atoms. The Morgan fingerprint density at radius 2 is 2.09 bits per heavy atom. The molecule has 0 bridgehead atoms. The molecule has 1 N–H and O–H groups in total. The Hall–Kier alpha value is -2.08. The SMILES string of the molecule is CCOC(=O)N1CCN(C(C)c2nc3ccc(C)cc3[nH]2)CC1. The second kappa shape index (κ2) is 6.58. The van der Waals surface area contributed by atoms with E-state index < -0.39 is 0 Å². The van der Waals surface area contributed by atoms with Crippen molar-refractivity contribution in [2.45, 2.75) is 26.8 Å². The molecule has 1 aliphatic rings. The van der Waals surface area contributed by atoms with Gasteiger partial charge in [0.1, 0.15) is 5.82 Å². The van der Waals surface area contributed by atoms with Gasteiger partial charge in [0.2, 0.25) is 0 Å². The van der Waals surface area contributed by atoms with E-state index in [1.54, 1.807) is 4.90 Å². The summed E-state index contributed by atoms with van der Waals surface area (Å²) in [4.78, 5) is 24.0. The van der Waals surface area contributed by atoms with Crippen LogP contribution in [-0.4, -0.2) is 58.6 Å². The van der Waals surface area contributed by atoms with Gasteiger partial charge in [-0.15, -0.1) is 0 Å². The number of carbonyl (C=O) groups excluding carboxylic acids is 1. The minimum atomic E-state index is -0.209. The van der Waals surface area contributed by atoms with Gasteiger partial charge in [-0.05, 0) is 38.5 Å². The minimum Gasteiger partial charge on any atom is -0.450 e. The summed E-state index contributed by atoms with van der Waals surface area (Å²) in [5, 5.41) is 0. The molecule has 1 amide bonds. The smallest absolute Gasteiger partial charge is 0.409 e. The molecule has 1 saturated heterocycles. The average molecular weight is 316 g/mol. The molecule has 1 fully saturated rings. The highest BCUT2D eigenvalue weighted by molar-refractivity contribution is 5.75. The fraction of sp³-hybridized carbons (Fsp3) is 0.529. The van der Waals surface area contributed by atoms with Crippen molar-refractivity contribution in [3.05, 3.63) is 29.6 Å². The summed E-state index contributed by atoms with van der Waals surface area (Å²) in [5.74, 6) is 0.982. The van der Waals surface area contributed by atoms with Gasteiger partial charge in [-0.3, -0.25) is 4.90 Å². The lowest BCUT2D eigenvalue weighted by atomic mass is 10.2. The Labute approximate surface area is 136 Å². The summed E-state index contributed by atoms with van der Waals surface area (Å²) < 4.78 is 5.06. The van der Waals surface area contributed by atoms with E-state index in [0.29, 0.717) is 19.7 Å². The highest BCUT2D eigenvalue weighted by atomic mass is 16.6. The highest BCUT2D eigenvalue weighted by Crippen LogP contribution is 2.22. The lowest BCUT2D eigenvalue weighted by Crippen LogP contribution is -2.49. The van der Waals surface area contributed by atoms with Gasteiger partial charge in [-0.1, -0.05) is 6.07 Å². The van der Waals surface area contributed by atoms with E-state index in [9.17, 15) is 4.79 Å². The molecular weight excluding hydrogens is 292 g/mol. The monoisotopic (exact) mass is 316 g/mol. The van der Waals surface area contributed by atoms with Gasteiger partial charge in [-0.25, -0.2) is 9.78 Å². The summed E-state index contributed by atoms with van der Waals surface area (Å²) >= 11 is 0. The molecule has 23 heavy (non-hydrogen) atoms. The van der Waals surface area contributed by atoms with Crippen LogP contribution in [0.2, 0.25) is 0 Å². The van der Waals surface area contributed by atoms with Crippen molar-refractivity contribution in [3.63, 3.8) is 0 Å². The van der Waals surface area contributed by atoms with Crippen LogP contribution in [0.3, 0.4) is 0 Å². The normalized spacial score (nSPS) is 17.4. The first-order chi connectivity index (χ1) is 11.1. The predicted molar refractivity (Wildman–Crippen MR) is 89.4 cm³/mol. The number of hydrogen-bond donors (Lipinski definition) is 1. The van der Waals surface area contributed by atoms with Crippen molar-refractivity contribution < 1.29 is 9.53 Å². The Bertz CT molecular complexity index is 689. The number of fused-ring (bicyclic) bond motifs is 1. The van der Waals surface area contributed by atoms with E-state index in [4.69, 9.17) is 9.72 Å². The van der Waals surface area contributed by atoms with Gasteiger partial charge >= 0.3 is 6.09 Å². The van der Waals surface area contributed by atoms with E-state index in [2.05, 4.69) is 41.9 Å². The second-order valence-corrected chi connectivity index (χ2v) is 6.04. The molecular formula is C17H24N4O2. The zero-order valence-electron chi connectivity index (χ0n) is 14.0. The molecule has 0 saturated carbocycles. The molecule has 2 aromatic rings. The van der Waals surface area contributed by atoms with Gasteiger partial charge in [-0.2, -0.15) is 0 Å². The average Bonchev–Trinajstić information content (AvgIpc) is 2.97. The van der Waals surface area contributed by atoms with Gasteiger partial charge in [0, 0.05) is 26.2 Å². The van der Waals surface area contributed by atoms with Crippen LogP contribution in [0.15, 0.2) is 18.2 Å². The standard InChI is InChI=1S/C17H24N4O2/c1-4-23-17(22)21-9-7-20(8-10-21)13(3)16-18-14-6-5-12(2)11-15(14)19-16/h5-6,11,13H,4,7-10H2,1-3H3,(H,18,19). The summed E-state index contributed by atoms with van der Waals surface area (Å²) in [5.41, 5.74) is 3.31. The molecule has 0 aliphatic carbocycles. The maximum Gasteiger partial charge on any atom is 0.409 e. The first kappa shape index (κ1) is 15.8. The number of amides is 1. The minimum absolute atomic E-state index is 0.201. The first-order valence-corrected chi connectivity index (χ1v) is 8.20. The molecule has 0 radical (unpaired) electrons. The third-order valence-electron chi connectivity index (χ3n) is 4.44. The highest BCUT2D eigenvalue weighted by Gasteiger charge is 2.26. The molecule has 6 heteroatoms. The van der Waals surface area contributed by atoms with Gasteiger partial charge < -0.3 is 14.6 Å². The molecule has 1 unspecified atom stereocenters. The fourth-order valence-corrected chi connectivity index (χ4v) is 3.02. The van der Waals surface area contributed by atoms with Gasteiger partial charge in [0.25, 0.3) is 0 Å². The number of aromatic amines is 1. The summed E-state index contributed by atoms with van der Waals surface area (Å²) in [6, 6.07) is 6.45. The van der Waals surface area contributed by atoms with Crippen LogP contribution in [0.5, 0.6) is 0 Å². The summed E-state index contributed by atoms with van der Waals surface area (Å²) in [7, 11) is 0. The maximum atomic E-state index is 11.8. The fourth-order valence-electron chi connectivity index (χ4n) is 3.02. The van der Waals surface area contributed by atoms with Crippen LogP contribution in [0.4, 0.5) is 4.79 Å². The largest absolute Gasteiger partial charge is 0.450 e. The van der Waals surface area contributed by atoms with Crippen LogP contribution in [-0.2, 0) is 4.74 Å².